The Morgan fingerprint density at radius 2 is 1.69 bits per heavy atom. The Labute approximate surface area is 232 Å². The Bertz CT molecular complexity index is 1270. The van der Waals surface area contributed by atoms with Crippen molar-refractivity contribution >= 4 is 22.6 Å². The first-order valence-corrected chi connectivity index (χ1v) is 15.0. The molecule has 1 N–H and O–H groups in total. The lowest BCUT2D eigenvalue weighted by molar-refractivity contribution is -0.163. The SMILES string of the molecule is C[C@H](CC1CCCCC1)C(=O)N1CCC(O)(Cn2cc(C(=O)N(C)C)c3ccccc3c2=O)C2(CCCC2)C1. The van der Waals surface area contributed by atoms with Crippen LogP contribution in [-0.4, -0.2) is 64.1 Å². The summed E-state index contributed by atoms with van der Waals surface area (Å²) in [6, 6.07) is 7.21. The zero-order chi connectivity index (χ0) is 27.8. The van der Waals surface area contributed by atoms with Gasteiger partial charge in [-0.3, -0.25) is 14.4 Å². The topological polar surface area (TPSA) is 82.8 Å². The van der Waals surface area contributed by atoms with Gasteiger partial charge in [-0.1, -0.05) is 70.1 Å². The molecule has 212 valence electrons. The largest absolute Gasteiger partial charge is 0.387 e. The van der Waals surface area contributed by atoms with E-state index >= 15 is 0 Å². The fraction of sp³-hybridized carbons (Fsp3) is 0.656. The number of fused-ring (bicyclic) bond motifs is 1. The quantitative estimate of drug-likeness (QED) is 0.574. The van der Waals surface area contributed by atoms with E-state index in [1.807, 2.05) is 23.1 Å². The zero-order valence-corrected chi connectivity index (χ0v) is 24.0. The third-order valence-corrected chi connectivity index (χ3v) is 10.0. The summed E-state index contributed by atoms with van der Waals surface area (Å²) in [5.41, 5.74) is -1.30. The van der Waals surface area contributed by atoms with Crippen molar-refractivity contribution in [2.45, 2.75) is 89.7 Å². The molecule has 2 aromatic rings. The van der Waals surface area contributed by atoms with Gasteiger partial charge in [-0.15, -0.1) is 0 Å². The summed E-state index contributed by atoms with van der Waals surface area (Å²) in [4.78, 5) is 43.8. The van der Waals surface area contributed by atoms with Gasteiger partial charge in [0, 0.05) is 55.5 Å². The third kappa shape index (κ3) is 5.27. The highest BCUT2D eigenvalue weighted by Crippen LogP contribution is 2.52. The Hall–Kier alpha value is -2.67. The Balaban J connectivity index is 1.42. The average Bonchev–Trinajstić information content (AvgIpc) is 3.41. The minimum Gasteiger partial charge on any atom is -0.387 e. The zero-order valence-electron chi connectivity index (χ0n) is 24.0. The summed E-state index contributed by atoms with van der Waals surface area (Å²) >= 11 is 0. The van der Waals surface area contributed by atoms with E-state index in [1.54, 1.807) is 30.9 Å². The van der Waals surface area contributed by atoms with Gasteiger partial charge in [-0.25, -0.2) is 0 Å². The molecule has 2 atom stereocenters. The highest BCUT2D eigenvalue weighted by Gasteiger charge is 2.55. The number of nitrogens with zero attached hydrogens (tertiary/aromatic N) is 3. The highest BCUT2D eigenvalue weighted by atomic mass is 16.3. The molecular formula is C32H45N3O4. The van der Waals surface area contributed by atoms with Gasteiger partial charge in [0.1, 0.15) is 0 Å². The van der Waals surface area contributed by atoms with Crippen LogP contribution in [0.2, 0.25) is 0 Å². The molecule has 1 saturated heterocycles. The van der Waals surface area contributed by atoms with Crippen LogP contribution in [-0.2, 0) is 11.3 Å². The first-order chi connectivity index (χ1) is 18.6. The summed E-state index contributed by atoms with van der Waals surface area (Å²) in [5, 5.41) is 13.4. The molecule has 2 amide bonds. The molecule has 1 aliphatic heterocycles. The van der Waals surface area contributed by atoms with Gasteiger partial charge >= 0.3 is 0 Å². The van der Waals surface area contributed by atoms with Crippen molar-refractivity contribution in [3.05, 3.63) is 46.4 Å². The number of pyridine rings is 1. The van der Waals surface area contributed by atoms with Crippen LogP contribution < -0.4 is 5.56 Å². The number of likely N-dealkylation sites (tertiary alicyclic amines) is 1. The third-order valence-electron chi connectivity index (χ3n) is 10.0. The summed E-state index contributed by atoms with van der Waals surface area (Å²) in [6.45, 7) is 3.25. The predicted octanol–water partition coefficient (Wildman–Crippen LogP) is 4.83. The lowest BCUT2D eigenvalue weighted by atomic mass is 9.65. The van der Waals surface area contributed by atoms with Gasteiger partial charge in [-0.2, -0.15) is 0 Å². The molecular weight excluding hydrogens is 490 g/mol. The van der Waals surface area contributed by atoms with Crippen LogP contribution in [0.4, 0.5) is 0 Å². The van der Waals surface area contributed by atoms with Crippen LogP contribution in [0.5, 0.6) is 0 Å². The van der Waals surface area contributed by atoms with Gasteiger partial charge in [-0.05, 0) is 37.7 Å². The van der Waals surface area contributed by atoms with Crippen LogP contribution in [0.3, 0.4) is 0 Å². The number of hydrogen-bond acceptors (Lipinski definition) is 4. The molecule has 3 aliphatic rings. The van der Waals surface area contributed by atoms with Crippen molar-refractivity contribution in [2.75, 3.05) is 27.2 Å². The molecule has 1 aromatic heterocycles. The minimum absolute atomic E-state index is 0.000423. The van der Waals surface area contributed by atoms with E-state index in [9.17, 15) is 19.5 Å². The maximum Gasteiger partial charge on any atom is 0.258 e. The van der Waals surface area contributed by atoms with Crippen molar-refractivity contribution < 1.29 is 14.7 Å². The lowest BCUT2D eigenvalue weighted by Gasteiger charge is -2.53. The maximum atomic E-state index is 13.6. The summed E-state index contributed by atoms with van der Waals surface area (Å²) < 4.78 is 1.56. The fourth-order valence-corrected chi connectivity index (χ4v) is 7.78. The minimum atomic E-state index is -1.13. The van der Waals surface area contributed by atoms with Crippen molar-refractivity contribution in [1.82, 2.24) is 14.4 Å². The number of hydrogen-bond donors (Lipinski definition) is 1. The first-order valence-electron chi connectivity index (χ1n) is 15.0. The molecule has 5 rings (SSSR count). The summed E-state index contributed by atoms with van der Waals surface area (Å²) in [5.74, 6) is 0.699. The van der Waals surface area contributed by atoms with Gasteiger partial charge in [0.2, 0.25) is 5.91 Å². The van der Waals surface area contributed by atoms with Crippen molar-refractivity contribution in [3.63, 3.8) is 0 Å². The number of benzene rings is 1. The first kappa shape index (κ1) is 27.9. The second-order valence-electron chi connectivity index (χ2n) is 12.9. The van der Waals surface area contributed by atoms with E-state index in [1.165, 1.54) is 37.0 Å². The second kappa shape index (κ2) is 11.1. The Morgan fingerprint density at radius 1 is 1.03 bits per heavy atom. The Morgan fingerprint density at radius 3 is 2.36 bits per heavy atom. The number of aliphatic hydroxyl groups is 1. The summed E-state index contributed by atoms with van der Waals surface area (Å²) in [6.07, 6.45) is 13.1. The van der Waals surface area contributed by atoms with E-state index in [-0.39, 0.29) is 29.8 Å². The smallest absolute Gasteiger partial charge is 0.258 e. The number of carbonyl (C=O) groups is 2. The van der Waals surface area contributed by atoms with Crippen LogP contribution >= 0.6 is 0 Å². The summed E-state index contributed by atoms with van der Waals surface area (Å²) in [7, 11) is 3.41. The van der Waals surface area contributed by atoms with E-state index in [4.69, 9.17) is 0 Å². The highest BCUT2D eigenvalue weighted by molar-refractivity contribution is 6.06. The number of rotatable bonds is 6. The molecule has 7 heteroatoms. The number of aromatic nitrogens is 1. The normalized spacial score (nSPS) is 24.3. The van der Waals surface area contributed by atoms with Gasteiger partial charge in [0.05, 0.1) is 17.7 Å². The van der Waals surface area contributed by atoms with Crippen molar-refractivity contribution in [3.8, 4) is 0 Å². The van der Waals surface area contributed by atoms with E-state index in [2.05, 4.69) is 6.92 Å². The van der Waals surface area contributed by atoms with Gasteiger partial charge in [0.25, 0.3) is 11.5 Å². The molecule has 1 aromatic carbocycles. The van der Waals surface area contributed by atoms with E-state index < -0.39 is 11.0 Å². The molecule has 2 saturated carbocycles. The molecule has 1 spiro atoms. The molecule has 0 bridgehead atoms. The monoisotopic (exact) mass is 535 g/mol. The molecule has 1 unspecified atom stereocenters. The maximum absolute atomic E-state index is 13.6. The number of carbonyl (C=O) groups excluding carboxylic acids is 2. The standard InChI is InChI=1S/C32H45N3O4/c1-23(19-24-11-5-4-6-12-24)28(36)34-18-17-32(39,31(21-34)15-9-10-16-31)22-35-20-27(29(37)33(2)3)25-13-7-8-14-26(25)30(35)38/h7-8,13-14,20,23-24,39H,4-6,9-12,15-19,21-22H2,1-3H3/t23-,32?/m1/s1. The van der Waals surface area contributed by atoms with Crippen LogP contribution in [0.1, 0.15) is 87.9 Å². The lowest BCUT2D eigenvalue weighted by Crippen LogP contribution is -2.62. The van der Waals surface area contributed by atoms with Gasteiger partial charge < -0.3 is 19.5 Å². The number of amides is 2. The van der Waals surface area contributed by atoms with Crippen LogP contribution in [0.25, 0.3) is 10.8 Å². The van der Waals surface area contributed by atoms with E-state index in [0.717, 1.165) is 32.1 Å². The second-order valence-corrected chi connectivity index (χ2v) is 12.9. The molecule has 0 radical (unpaired) electrons. The van der Waals surface area contributed by atoms with Gasteiger partial charge in [0.15, 0.2) is 0 Å². The van der Waals surface area contributed by atoms with Crippen LogP contribution in [0, 0.1) is 17.3 Å². The molecule has 7 nitrogen and oxygen atoms in total. The molecule has 39 heavy (non-hydrogen) atoms. The number of piperidine rings is 1. The molecule has 2 heterocycles. The van der Waals surface area contributed by atoms with Crippen LogP contribution in [0.15, 0.2) is 35.3 Å². The Kier molecular flexibility index (Phi) is 7.91. The van der Waals surface area contributed by atoms with Crippen molar-refractivity contribution in [1.29, 1.82) is 0 Å². The van der Waals surface area contributed by atoms with E-state index in [0.29, 0.717) is 41.8 Å². The molecule has 3 fully saturated rings. The fourth-order valence-electron chi connectivity index (χ4n) is 7.78. The average molecular weight is 536 g/mol. The van der Waals surface area contributed by atoms with Crippen molar-refractivity contribution in [2.24, 2.45) is 17.3 Å². The molecule has 2 aliphatic carbocycles. The predicted molar refractivity (Wildman–Crippen MR) is 154 cm³/mol.